The third kappa shape index (κ3) is 3.12. The van der Waals surface area contributed by atoms with Gasteiger partial charge < -0.3 is 10.8 Å². The second-order valence-electron chi connectivity index (χ2n) is 5.22. The van der Waals surface area contributed by atoms with Gasteiger partial charge in [0.2, 0.25) is 0 Å². The standard InChI is InChI=1S/C14H24N2OS/c1-11(15)14(13-7-4-10-18-13)16-8-2-5-12(16)6-3-9-17/h4,7,10-12,14,17H,2-3,5-6,8-9,15H2,1H3. The highest BCUT2D eigenvalue weighted by Gasteiger charge is 2.33. The van der Waals surface area contributed by atoms with E-state index in [1.54, 1.807) is 11.3 Å². The first-order valence-electron chi connectivity index (χ1n) is 6.89. The lowest BCUT2D eigenvalue weighted by Crippen LogP contribution is -2.41. The lowest BCUT2D eigenvalue weighted by Gasteiger charge is -2.35. The molecule has 102 valence electrons. The third-order valence-electron chi connectivity index (χ3n) is 3.81. The van der Waals surface area contributed by atoms with E-state index in [1.807, 2.05) is 0 Å². The Labute approximate surface area is 114 Å². The molecule has 0 saturated carbocycles. The average molecular weight is 268 g/mol. The van der Waals surface area contributed by atoms with E-state index in [0.29, 0.717) is 18.7 Å². The summed E-state index contributed by atoms with van der Waals surface area (Å²) in [4.78, 5) is 3.94. The molecule has 4 heteroatoms. The molecular weight excluding hydrogens is 244 g/mol. The first-order chi connectivity index (χ1) is 8.74. The van der Waals surface area contributed by atoms with Crippen LogP contribution >= 0.6 is 11.3 Å². The van der Waals surface area contributed by atoms with Gasteiger partial charge in [-0.05, 0) is 50.6 Å². The van der Waals surface area contributed by atoms with Crippen LogP contribution in [0.2, 0.25) is 0 Å². The van der Waals surface area contributed by atoms with E-state index < -0.39 is 0 Å². The van der Waals surface area contributed by atoms with Crippen molar-refractivity contribution in [2.24, 2.45) is 5.73 Å². The Hall–Kier alpha value is -0.420. The van der Waals surface area contributed by atoms with Gasteiger partial charge >= 0.3 is 0 Å². The second-order valence-corrected chi connectivity index (χ2v) is 6.20. The molecular formula is C14H24N2OS. The molecule has 2 heterocycles. The summed E-state index contributed by atoms with van der Waals surface area (Å²) in [7, 11) is 0. The Morgan fingerprint density at radius 3 is 3.06 bits per heavy atom. The fraction of sp³-hybridized carbons (Fsp3) is 0.714. The van der Waals surface area contributed by atoms with Gasteiger partial charge in [0, 0.05) is 23.6 Å². The van der Waals surface area contributed by atoms with Gasteiger partial charge in [0.25, 0.3) is 0 Å². The summed E-state index contributed by atoms with van der Waals surface area (Å²) in [6, 6.07) is 5.39. The number of nitrogens with zero attached hydrogens (tertiary/aromatic N) is 1. The van der Waals surface area contributed by atoms with Crippen LogP contribution in [0, 0.1) is 0 Å². The molecule has 2 rings (SSSR count). The van der Waals surface area contributed by atoms with Crippen LogP contribution in [0.15, 0.2) is 17.5 Å². The van der Waals surface area contributed by atoms with Crippen LogP contribution in [0.1, 0.15) is 43.5 Å². The normalized spacial score (nSPS) is 24.3. The molecule has 0 amide bonds. The summed E-state index contributed by atoms with van der Waals surface area (Å²) in [5.74, 6) is 0. The molecule has 1 fully saturated rings. The molecule has 1 aliphatic rings. The molecule has 3 atom stereocenters. The minimum Gasteiger partial charge on any atom is -0.396 e. The van der Waals surface area contributed by atoms with E-state index >= 15 is 0 Å². The number of thiophene rings is 1. The van der Waals surface area contributed by atoms with Gasteiger partial charge in [-0.2, -0.15) is 0 Å². The lowest BCUT2D eigenvalue weighted by atomic mass is 10.0. The third-order valence-corrected chi connectivity index (χ3v) is 4.75. The highest BCUT2D eigenvalue weighted by molar-refractivity contribution is 7.10. The number of nitrogens with two attached hydrogens (primary N) is 1. The number of hydrogen-bond acceptors (Lipinski definition) is 4. The summed E-state index contributed by atoms with van der Waals surface area (Å²) in [6.45, 7) is 3.54. The van der Waals surface area contributed by atoms with E-state index in [0.717, 1.165) is 19.4 Å². The zero-order valence-electron chi connectivity index (χ0n) is 11.1. The molecule has 3 nitrogen and oxygen atoms in total. The van der Waals surface area contributed by atoms with Gasteiger partial charge in [-0.25, -0.2) is 0 Å². The lowest BCUT2D eigenvalue weighted by molar-refractivity contribution is 0.148. The van der Waals surface area contributed by atoms with Gasteiger partial charge in [0.1, 0.15) is 0 Å². The zero-order valence-corrected chi connectivity index (χ0v) is 11.9. The van der Waals surface area contributed by atoms with Crippen LogP contribution in [0.3, 0.4) is 0 Å². The summed E-state index contributed by atoms with van der Waals surface area (Å²) in [6.07, 6.45) is 4.49. The Bertz CT molecular complexity index is 340. The van der Waals surface area contributed by atoms with Crippen molar-refractivity contribution in [1.29, 1.82) is 0 Å². The van der Waals surface area contributed by atoms with Crippen molar-refractivity contribution in [3.05, 3.63) is 22.4 Å². The molecule has 0 radical (unpaired) electrons. The van der Waals surface area contributed by atoms with Crippen molar-refractivity contribution in [2.45, 2.75) is 50.7 Å². The monoisotopic (exact) mass is 268 g/mol. The maximum absolute atomic E-state index is 9.00. The number of hydrogen-bond donors (Lipinski definition) is 2. The van der Waals surface area contributed by atoms with E-state index in [9.17, 15) is 0 Å². The largest absolute Gasteiger partial charge is 0.396 e. The Morgan fingerprint density at radius 1 is 1.61 bits per heavy atom. The molecule has 3 N–H and O–H groups in total. The first kappa shape index (κ1) is 14.0. The van der Waals surface area contributed by atoms with Crippen LogP contribution in [0.5, 0.6) is 0 Å². The number of aliphatic hydroxyl groups excluding tert-OH is 1. The Balaban J connectivity index is 2.10. The van der Waals surface area contributed by atoms with Crippen molar-refractivity contribution in [3.8, 4) is 0 Å². The second kappa shape index (κ2) is 6.66. The van der Waals surface area contributed by atoms with Crippen molar-refractivity contribution in [2.75, 3.05) is 13.2 Å². The van der Waals surface area contributed by atoms with Crippen LogP contribution < -0.4 is 5.73 Å². The summed E-state index contributed by atoms with van der Waals surface area (Å²) in [5.41, 5.74) is 6.21. The molecule has 3 unspecified atom stereocenters. The molecule has 1 aromatic heterocycles. The fourth-order valence-electron chi connectivity index (χ4n) is 3.05. The van der Waals surface area contributed by atoms with Gasteiger partial charge in [-0.15, -0.1) is 11.3 Å². The topological polar surface area (TPSA) is 49.5 Å². The molecule has 18 heavy (non-hydrogen) atoms. The number of aliphatic hydroxyl groups is 1. The Kier molecular flexibility index (Phi) is 5.18. The van der Waals surface area contributed by atoms with Gasteiger partial charge in [0.05, 0.1) is 6.04 Å². The summed E-state index contributed by atoms with van der Waals surface area (Å²) < 4.78 is 0. The highest BCUT2D eigenvalue weighted by Crippen LogP contribution is 2.35. The van der Waals surface area contributed by atoms with Crippen molar-refractivity contribution < 1.29 is 5.11 Å². The minimum atomic E-state index is 0.151. The van der Waals surface area contributed by atoms with E-state index in [4.69, 9.17) is 10.8 Å². The van der Waals surface area contributed by atoms with Crippen LogP contribution in [-0.2, 0) is 0 Å². The SMILES string of the molecule is CC(N)C(c1cccs1)N1CCCC1CCCO. The summed E-state index contributed by atoms with van der Waals surface area (Å²) >= 11 is 1.80. The van der Waals surface area contributed by atoms with Gasteiger partial charge in [0.15, 0.2) is 0 Å². The molecule has 1 aromatic rings. The number of likely N-dealkylation sites (tertiary alicyclic amines) is 1. The van der Waals surface area contributed by atoms with Gasteiger partial charge in [-0.3, -0.25) is 4.90 Å². The molecule has 1 aliphatic heterocycles. The maximum atomic E-state index is 9.00. The van der Waals surface area contributed by atoms with E-state index in [2.05, 4.69) is 29.3 Å². The van der Waals surface area contributed by atoms with Crippen molar-refractivity contribution in [1.82, 2.24) is 4.90 Å². The number of rotatable bonds is 6. The van der Waals surface area contributed by atoms with E-state index in [1.165, 1.54) is 17.7 Å². The van der Waals surface area contributed by atoms with Gasteiger partial charge in [-0.1, -0.05) is 6.07 Å². The predicted molar refractivity (Wildman–Crippen MR) is 76.8 cm³/mol. The van der Waals surface area contributed by atoms with Crippen molar-refractivity contribution >= 4 is 11.3 Å². The smallest absolute Gasteiger partial charge is 0.0593 e. The first-order valence-corrected chi connectivity index (χ1v) is 7.77. The highest BCUT2D eigenvalue weighted by atomic mass is 32.1. The fourth-order valence-corrected chi connectivity index (χ4v) is 4.01. The predicted octanol–water partition coefficient (Wildman–Crippen LogP) is 2.37. The quantitative estimate of drug-likeness (QED) is 0.833. The molecule has 0 aromatic carbocycles. The molecule has 0 aliphatic carbocycles. The Morgan fingerprint density at radius 2 is 2.44 bits per heavy atom. The van der Waals surface area contributed by atoms with E-state index in [-0.39, 0.29) is 6.04 Å². The average Bonchev–Trinajstić information content (AvgIpc) is 2.98. The van der Waals surface area contributed by atoms with Crippen LogP contribution in [0.25, 0.3) is 0 Å². The van der Waals surface area contributed by atoms with Crippen molar-refractivity contribution in [3.63, 3.8) is 0 Å². The maximum Gasteiger partial charge on any atom is 0.0593 e. The summed E-state index contributed by atoms with van der Waals surface area (Å²) in [5, 5.41) is 11.1. The molecule has 0 bridgehead atoms. The van der Waals surface area contributed by atoms with Crippen LogP contribution in [-0.4, -0.2) is 35.2 Å². The van der Waals surface area contributed by atoms with Crippen LogP contribution in [0.4, 0.5) is 0 Å². The molecule has 0 spiro atoms. The zero-order chi connectivity index (χ0) is 13.0. The minimum absolute atomic E-state index is 0.151. The molecule has 1 saturated heterocycles.